The molecule has 0 bridgehead atoms. The van der Waals surface area contributed by atoms with Crippen molar-refractivity contribution in [3.05, 3.63) is 54.0 Å². The molecule has 1 N–H and O–H groups in total. The van der Waals surface area contributed by atoms with E-state index in [1.165, 1.54) is 10.9 Å². The lowest BCUT2D eigenvalue weighted by atomic mass is 10.2. The van der Waals surface area contributed by atoms with Gasteiger partial charge in [-0.1, -0.05) is 6.07 Å². The molecule has 108 valence electrons. The summed E-state index contributed by atoms with van der Waals surface area (Å²) < 4.78 is 7.31. The summed E-state index contributed by atoms with van der Waals surface area (Å²) in [5, 5.41) is 4.37. The molecular formula is C16H18N4O. The topological polar surface area (TPSA) is 52.0 Å². The van der Waals surface area contributed by atoms with Gasteiger partial charge in [0.05, 0.1) is 19.3 Å². The van der Waals surface area contributed by atoms with Crippen molar-refractivity contribution in [2.45, 2.75) is 13.1 Å². The molecule has 0 amide bonds. The number of methoxy groups -OCH3 is 1. The van der Waals surface area contributed by atoms with Crippen LogP contribution in [0.5, 0.6) is 5.88 Å². The normalized spacial score (nSPS) is 11.0. The van der Waals surface area contributed by atoms with Crippen molar-refractivity contribution in [2.24, 2.45) is 0 Å². The number of aromatic nitrogens is 3. The Bertz CT molecular complexity index is 751. The van der Waals surface area contributed by atoms with E-state index in [0.29, 0.717) is 12.4 Å². The first-order valence-electron chi connectivity index (χ1n) is 6.89. The lowest BCUT2D eigenvalue weighted by Gasteiger charge is -2.05. The Morgan fingerprint density at radius 2 is 2.14 bits per heavy atom. The first-order valence-corrected chi connectivity index (χ1v) is 6.89. The number of hydrogen-bond acceptors (Lipinski definition) is 4. The summed E-state index contributed by atoms with van der Waals surface area (Å²) in [4.78, 5) is 8.96. The summed E-state index contributed by atoms with van der Waals surface area (Å²) in [5.41, 5.74) is 3.17. The third-order valence-corrected chi connectivity index (χ3v) is 3.41. The smallest absolute Gasteiger partial charge is 0.213 e. The van der Waals surface area contributed by atoms with Gasteiger partial charge in [-0.3, -0.25) is 0 Å². The van der Waals surface area contributed by atoms with Crippen molar-refractivity contribution in [1.82, 2.24) is 19.9 Å². The highest BCUT2D eigenvalue weighted by atomic mass is 16.5. The van der Waals surface area contributed by atoms with Gasteiger partial charge in [0, 0.05) is 30.4 Å². The van der Waals surface area contributed by atoms with Crippen LogP contribution in [0.4, 0.5) is 0 Å². The van der Waals surface area contributed by atoms with Gasteiger partial charge in [-0.15, -0.1) is 0 Å². The van der Waals surface area contributed by atoms with Crippen LogP contribution in [-0.4, -0.2) is 28.7 Å². The number of rotatable bonds is 5. The number of hydrogen-bond donors (Lipinski definition) is 1. The quantitative estimate of drug-likeness (QED) is 0.779. The van der Waals surface area contributed by atoms with Gasteiger partial charge in [-0.05, 0) is 30.8 Å². The lowest BCUT2D eigenvalue weighted by Crippen LogP contribution is -2.05. The summed E-state index contributed by atoms with van der Waals surface area (Å²) in [5.74, 6) is 0.632. The third kappa shape index (κ3) is 2.73. The van der Waals surface area contributed by atoms with Gasteiger partial charge in [-0.25, -0.2) is 9.97 Å². The zero-order valence-electron chi connectivity index (χ0n) is 12.2. The van der Waals surface area contributed by atoms with Gasteiger partial charge in [-0.2, -0.15) is 0 Å². The van der Waals surface area contributed by atoms with Crippen molar-refractivity contribution in [3.8, 4) is 5.88 Å². The fourth-order valence-corrected chi connectivity index (χ4v) is 2.48. The summed E-state index contributed by atoms with van der Waals surface area (Å²) >= 11 is 0. The predicted molar refractivity (Wildman–Crippen MR) is 82.4 cm³/mol. The molecule has 0 aliphatic carbocycles. The molecule has 0 fully saturated rings. The molecule has 0 unspecified atom stereocenters. The van der Waals surface area contributed by atoms with Crippen molar-refractivity contribution >= 4 is 11.0 Å². The molecule has 0 aliphatic heterocycles. The molecule has 0 aliphatic rings. The van der Waals surface area contributed by atoms with Crippen LogP contribution >= 0.6 is 0 Å². The Hall–Kier alpha value is -2.40. The first kappa shape index (κ1) is 13.6. The number of fused-ring (bicyclic) bond motifs is 1. The van der Waals surface area contributed by atoms with Crippen LogP contribution in [0.2, 0.25) is 0 Å². The zero-order valence-corrected chi connectivity index (χ0v) is 12.2. The highest BCUT2D eigenvalue weighted by molar-refractivity contribution is 5.80. The second kappa shape index (κ2) is 5.93. The molecule has 3 aromatic rings. The van der Waals surface area contributed by atoms with Crippen molar-refractivity contribution < 1.29 is 4.74 Å². The highest BCUT2D eigenvalue weighted by Gasteiger charge is 2.09. The maximum Gasteiger partial charge on any atom is 0.213 e. The van der Waals surface area contributed by atoms with E-state index in [-0.39, 0.29) is 0 Å². The lowest BCUT2D eigenvalue weighted by molar-refractivity contribution is 0.396. The fourth-order valence-electron chi connectivity index (χ4n) is 2.48. The van der Waals surface area contributed by atoms with Crippen LogP contribution in [0.25, 0.3) is 11.0 Å². The van der Waals surface area contributed by atoms with E-state index in [1.807, 2.05) is 37.5 Å². The third-order valence-electron chi connectivity index (χ3n) is 3.41. The number of ether oxygens (including phenoxy) is 1. The van der Waals surface area contributed by atoms with Crippen molar-refractivity contribution in [1.29, 1.82) is 0 Å². The molecule has 3 aromatic heterocycles. The molecule has 5 nitrogen and oxygen atoms in total. The van der Waals surface area contributed by atoms with Crippen LogP contribution in [0.3, 0.4) is 0 Å². The predicted octanol–water partition coefficient (Wildman–Crippen LogP) is 2.21. The Balaban J connectivity index is 1.99. The minimum Gasteiger partial charge on any atom is -0.481 e. The Labute approximate surface area is 123 Å². The van der Waals surface area contributed by atoms with Gasteiger partial charge in [0.25, 0.3) is 0 Å². The standard InChI is InChI=1S/C16H18N4O/c1-17-9-12-10-20(16-14(12)6-4-8-18-16)11-13-5-3-7-15(19-13)21-2/h3-8,10,17H,9,11H2,1-2H3. The Morgan fingerprint density at radius 3 is 2.95 bits per heavy atom. The Morgan fingerprint density at radius 1 is 1.24 bits per heavy atom. The van der Waals surface area contributed by atoms with E-state index in [2.05, 4.69) is 32.1 Å². The van der Waals surface area contributed by atoms with Crippen LogP contribution in [0.1, 0.15) is 11.3 Å². The van der Waals surface area contributed by atoms with Crippen LogP contribution in [0.15, 0.2) is 42.7 Å². The van der Waals surface area contributed by atoms with Crippen LogP contribution in [0, 0.1) is 0 Å². The summed E-state index contributed by atoms with van der Waals surface area (Å²) in [6.07, 6.45) is 3.95. The fraction of sp³-hybridized carbons (Fsp3) is 0.250. The molecule has 0 saturated carbocycles. The molecule has 21 heavy (non-hydrogen) atoms. The van der Waals surface area contributed by atoms with Gasteiger partial charge in [0.15, 0.2) is 0 Å². The second-order valence-corrected chi connectivity index (χ2v) is 4.86. The van der Waals surface area contributed by atoms with E-state index in [0.717, 1.165) is 17.9 Å². The minimum absolute atomic E-state index is 0.632. The van der Waals surface area contributed by atoms with Crippen molar-refractivity contribution in [2.75, 3.05) is 14.2 Å². The molecule has 0 saturated heterocycles. The molecule has 3 rings (SSSR count). The van der Waals surface area contributed by atoms with Gasteiger partial charge >= 0.3 is 0 Å². The number of pyridine rings is 2. The molecule has 0 spiro atoms. The molecule has 0 aromatic carbocycles. The maximum absolute atomic E-state index is 5.18. The van der Waals surface area contributed by atoms with E-state index in [4.69, 9.17) is 4.74 Å². The van der Waals surface area contributed by atoms with E-state index >= 15 is 0 Å². The van der Waals surface area contributed by atoms with E-state index in [1.54, 1.807) is 7.11 Å². The average molecular weight is 282 g/mol. The number of nitrogens with zero attached hydrogens (tertiary/aromatic N) is 3. The first-order chi connectivity index (χ1) is 10.3. The second-order valence-electron chi connectivity index (χ2n) is 4.86. The largest absolute Gasteiger partial charge is 0.481 e. The van der Waals surface area contributed by atoms with Gasteiger partial charge in [0.2, 0.25) is 5.88 Å². The summed E-state index contributed by atoms with van der Waals surface area (Å²) in [6.45, 7) is 1.50. The molecule has 5 heteroatoms. The van der Waals surface area contributed by atoms with Crippen molar-refractivity contribution in [3.63, 3.8) is 0 Å². The summed E-state index contributed by atoms with van der Waals surface area (Å²) in [7, 11) is 3.58. The van der Waals surface area contributed by atoms with Crippen LogP contribution < -0.4 is 10.1 Å². The molecule has 0 atom stereocenters. The highest BCUT2D eigenvalue weighted by Crippen LogP contribution is 2.20. The molecule has 0 radical (unpaired) electrons. The summed E-state index contributed by atoms with van der Waals surface area (Å²) in [6, 6.07) is 9.87. The average Bonchev–Trinajstić information content (AvgIpc) is 2.86. The van der Waals surface area contributed by atoms with E-state index in [9.17, 15) is 0 Å². The number of nitrogens with one attached hydrogen (secondary N) is 1. The van der Waals surface area contributed by atoms with Gasteiger partial charge < -0.3 is 14.6 Å². The Kier molecular flexibility index (Phi) is 3.83. The molecule has 3 heterocycles. The SMILES string of the molecule is CNCc1cn(Cc2cccc(OC)n2)c2ncccc12. The molecular weight excluding hydrogens is 264 g/mol. The zero-order chi connectivity index (χ0) is 14.7. The monoisotopic (exact) mass is 282 g/mol. The van der Waals surface area contributed by atoms with E-state index < -0.39 is 0 Å². The minimum atomic E-state index is 0.632. The van der Waals surface area contributed by atoms with Crippen LogP contribution in [-0.2, 0) is 13.1 Å². The maximum atomic E-state index is 5.18. The van der Waals surface area contributed by atoms with Gasteiger partial charge in [0.1, 0.15) is 5.65 Å².